The molecule has 162 valence electrons. The number of fused-ring (bicyclic) bond motifs is 1. The highest BCUT2D eigenvalue weighted by molar-refractivity contribution is 7.93. The highest BCUT2D eigenvalue weighted by Crippen LogP contribution is 2.41. The van der Waals surface area contributed by atoms with Crippen LogP contribution in [-0.2, 0) is 19.9 Å². The topological polar surface area (TPSA) is 227 Å². The van der Waals surface area contributed by atoms with Crippen LogP contribution in [-0.4, -0.2) is 54.7 Å². The zero-order chi connectivity index (χ0) is 22.4. The van der Waals surface area contributed by atoms with Gasteiger partial charge in [-0.1, -0.05) is 18.2 Å². The zero-order valence-corrected chi connectivity index (χ0v) is 17.3. The van der Waals surface area contributed by atoms with E-state index in [4.69, 9.17) is 21.0 Å². The van der Waals surface area contributed by atoms with E-state index in [-0.39, 0.29) is 29.5 Å². The second-order valence-corrected chi connectivity index (χ2v) is 9.98. The zero-order valence-electron chi connectivity index (χ0n) is 15.7. The van der Waals surface area contributed by atoms with E-state index >= 15 is 0 Å². The third kappa shape index (κ3) is 3.63. The second kappa shape index (κ2) is 7.38. The summed E-state index contributed by atoms with van der Waals surface area (Å²) in [5.41, 5.74) is 12.2. The molecule has 0 saturated carbocycles. The Morgan fingerprint density at radius 1 is 1.06 bits per heavy atom. The Morgan fingerprint density at radius 3 is 2.48 bits per heavy atom. The van der Waals surface area contributed by atoms with Gasteiger partial charge in [0, 0.05) is 12.1 Å². The van der Waals surface area contributed by atoms with Gasteiger partial charge >= 0.3 is 0 Å². The number of primary sulfonamides is 1. The molecule has 0 amide bonds. The summed E-state index contributed by atoms with van der Waals surface area (Å²) < 4.78 is 56.1. The van der Waals surface area contributed by atoms with Crippen molar-refractivity contribution in [2.75, 3.05) is 18.0 Å². The monoisotopic (exact) mass is 464 g/mol. The van der Waals surface area contributed by atoms with E-state index in [9.17, 15) is 16.8 Å². The molecule has 0 saturated heterocycles. The number of rotatable bonds is 6. The lowest BCUT2D eigenvalue weighted by molar-refractivity contribution is 0.583. The minimum atomic E-state index is -4.58. The number of hydrogen-bond donors (Lipinski definition) is 4. The fourth-order valence-corrected chi connectivity index (χ4v) is 6.01. The smallest absolute Gasteiger partial charge is 0.293 e. The molecular formula is C16H16N8O5S2. The van der Waals surface area contributed by atoms with E-state index in [0.29, 0.717) is 16.7 Å². The average Bonchev–Trinajstić information content (AvgIpc) is 3.34. The van der Waals surface area contributed by atoms with Gasteiger partial charge in [-0.2, -0.15) is 10.2 Å². The first kappa shape index (κ1) is 20.9. The summed E-state index contributed by atoms with van der Waals surface area (Å²) in [7, 11) is -8.68. The van der Waals surface area contributed by atoms with Crippen LogP contribution < -0.4 is 16.6 Å². The maximum atomic E-state index is 12.8. The highest BCUT2D eigenvalue weighted by atomic mass is 32.2. The Labute approximate surface area is 175 Å². The molecule has 4 rings (SSSR count). The molecule has 15 heteroatoms. The van der Waals surface area contributed by atoms with Crippen LogP contribution in [0.2, 0.25) is 0 Å². The third-order valence-corrected chi connectivity index (χ3v) is 7.33. The number of nitrogens with zero attached hydrogens (tertiary/aromatic N) is 4. The normalized spacial score (nSPS) is 12.5. The Bertz CT molecular complexity index is 1490. The first-order chi connectivity index (χ1) is 14.6. The van der Waals surface area contributed by atoms with Crippen LogP contribution in [0.5, 0.6) is 0 Å². The molecule has 2 aromatic heterocycles. The molecule has 13 nitrogen and oxygen atoms in total. The summed E-state index contributed by atoms with van der Waals surface area (Å²) in [6, 6.07) is 7.34. The van der Waals surface area contributed by atoms with Gasteiger partial charge in [0.05, 0.1) is 16.2 Å². The first-order valence-electron chi connectivity index (χ1n) is 8.65. The van der Waals surface area contributed by atoms with Crippen LogP contribution in [0, 0.1) is 0 Å². The van der Waals surface area contributed by atoms with Crippen LogP contribution in [0.25, 0.3) is 33.6 Å². The summed E-state index contributed by atoms with van der Waals surface area (Å²) >= 11 is 0. The van der Waals surface area contributed by atoms with Crippen LogP contribution in [0.3, 0.4) is 0 Å². The number of tetrazole rings is 1. The SMILES string of the molecule is NCCS(=O)(=O)c1ccc(-c2cccc3oc(N)nc23)c(-c2nn[nH]n2)c1S(N)(=O)=O. The van der Waals surface area contributed by atoms with E-state index in [1.165, 1.54) is 6.07 Å². The van der Waals surface area contributed by atoms with Crippen molar-refractivity contribution >= 4 is 37.0 Å². The molecule has 4 aromatic rings. The number of sulfonamides is 1. The minimum Gasteiger partial charge on any atom is -0.424 e. The lowest BCUT2D eigenvalue weighted by Crippen LogP contribution is -2.22. The van der Waals surface area contributed by atoms with E-state index in [0.717, 1.165) is 6.07 Å². The number of anilines is 1. The largest absolute Gasteiger partial charge is 0.424 e. The molecule has 0 aliphatic heterocycles. The number of nitrogen functional groups attached to an aromatic ring is 1. The first-order valence-corrected chi connectivity index (χ1v) is 11.8. The molecular weight excluding hydrogens is 448 g/mol. The minimum absolute atomic E-state index is 0.0997. The number of H-pyrrole nitrogens is 1. The van der Waals surface area contributed by atoms with E-state index in [2.05, 4.69) is 25.6 Å². The molecule has 0 atom stereocenters. The molecule has 0 unspecified atom stereocenters. The van der Waals surface area contributed by atoms with Crippen molar-refractivity contribution in [2.45, 2.75) is 9.79 Å². The van der Waals surface area contributed by atoms with Crippen molar-refractivity contribution in [3.8, 4) is 22.5 Å². The molecule has 2 heterocycles. The predicted octanol–water partition coefficient (Wildman–Crippen LogP) is -0.363. The standard InChI is InChI=1S/C16H16N8O5S2/c17-6-7-30(25,26)11-5-4-8(9-2-1-3-10-13(9)20-16(18)29-10)12(14(11)31(19,27)28)15-21-23-24-22-15/h1-5H,6-7,17H2,(H2,18,20)(H2,19,27,28)(H,21,22,23,24). The van der Waals surface area contributed by atoms with Crippen LogP contribution >= 0.6 is 0 Å². The molecule has 2 aromatic carbocycles. The molecule has 0 bridgehead atoms. The lowest BCUT2D eigenvalue weighted by atomic mass is 9.98. The van der Waals surface area contributed by atoms with Gasteiger partial charge in [-0.15, -0.1) is 10.2 Å². The van der Waals surface area contributed by atoms with Gasteiger partial charge in [0.25, 0.3) is 6.01 Å². The van der Waals surface area contributed by atoms with Gasteiger partial charge in [0.1, 0.15) is 10.4 Å². The van der Waals surface area contributed by atoms with Gasteiger partial charge in [0.15, 0.2) is 15.4 Å². The molecule has 0 radical (unpaired) electrons. The maximum Gasteiger partial charge on any atom is 0.293 e. The van der Waals surface area contributed by atoms with Crippen molar-refractivity contribution in [1.29, 1.82) is 0 Å². The van der Waals surface area contributed by atoms with Crippen molar-refractivity contribution in [1.82, 2.24) is 25.6 Å². The fourth-order valence-electron chi connectivity index (χ4n) is 3.25. The third-order valence-electron chi connectivity index (χ3n) is 4.42. The predicted molar refractivity (Wildman–Crippen MR) is 110 cm³/mol. The Kier molecular flexibility index (Phi) is 4.97. The van der Waals surface area contributed by atoms with Gasteiger partial charge in [-0.3, -0.25) is 0 Å². The summed E-state index contributed by atoms with van der Waals surface area (Å²) in [5, 5.41) is 18.8. The van der Waals surface area contributed by atoms with Gasteiger partial charge in [-0.25, -0.2) is 22.0 Å². The van der Waals surface area contributed by atoms with E-state index in [1.807, 2.05) is 0 Å². The van der Waals surface area contributed by atoms with Crippen molar-refractivity contribution < 1.29 is 21.3 Å². The van der Waals surface area contributed by atoms with Crippen LogP contribution in [0.1, 0.15) is 0 Å². The average molecular weight is 464 g/mol. The fraction of sp³-hybridized carbons (Fsp3) is 0.125. The summed E-state index contributed by atoms with van der Waals surface area (Å²) in [6.45, 7) is -0.219. The number of hydrogen-bond acceptors (Lipinski definition) is 11. The molecule has 0 aliphatic rings. The number of aromatic amines is 1. The number of nitrogens with one attached hydrogen (secondary N) is 1. The molecule has 0 aliphatic carbocycles. The molecule has 0 spiro atoms. The summed E-state index contributed by atoms with van der Waals surface area (Å²) in [5.74, 6) is -0.673. The number of benzene rings is 2. The van der Waals surface area contributed by atoms with Gasteiger partial charge in [-0.05, 0) is 22.9 Å². The van der Waals surface area contributed by atoms with Crippen molar-refractivity contribution in [3.63, 3.8) is 0 Å². The van der Waals surface area contributed by atoms with Crippen molar-refractivity contribution in [3.05, 3.63) is 30.3 Å². The number of oxazole rings is 1. The maximum absolute atomic E-state index is 12.8. The van der Waals surface area contributed by atoms with Crippen LogP contribution in [0.15, 0.2) is 44.5 Å². The number of nitrogens with two attached hydrogens (primary N) is 3. The lowest BCUT2D eigenvalue weighted by Gasteiger charge is -2.16. The second-order valence-electron chi connectivity index (χ2n) is 6.41. The number of para-hydroxylation sites is 1. The Morgan fingerprint density at radius 2 is 1.84 bits per heavy atom. The molecule has 7 N–H and O–H groups in total. The Balaban J connectivity index is 2.18. The molecule has 0 fully saturated rings. The highest BCUT2D eigenvalue weighted by Gasteiger charge is 2.32. The van der Waals surface area contributed by atoms with E-state index in [1.54, 1.807) is 18.2 Å². The Hall–Kier alpha value is -3.40. The number of sulfone groups is 1. The van der Waals surface area contributed by atoms with Gasteiger partial charge in [0.2, 0.25) is 15.8 Å². The van der Waals surface area contributed by atoms with Gasteiger partial charge < -0.3 is 15.9 Å². The summed E-state index contributed by atoms with van der Waals surface area (Å²) in [6.07, 6.45) is 0. The van der Waals surface area contributed by atoms with E-state index < -0.39 is 35.4 Å². The van der Waals surface area contributed by atoms with Crippen LogP contribution in [0.4, 0.5) is 6.01 Å². The molecule has 31 heavy (non-hydrogen) atoms. The quantitative estimate of drug-likeness (QED) is 0.288. The van der Waals surface area contributed by atoms with Crippen molar-refractivity contribution in [2.24, 2.45) is 10.9 Å². The number of aromatic nitrogens is 5. The summed E-state index contributed by atoms with van der Waals surface area (Å²) in [4.78, 5) is 2.95.